The van der Waals surface area contributed by atoms with E-state index in [-0.39, 0.29) is 30.6 Å². The summed E-state index contributed by atoms with van der Waals surface area (Å²) in [6.07, 6.45) is 0.773. The Labute approximate surface area is 94.4 Å². The summed E-state index contributed by atoms with van der Waals surface area (Å²) in [7, 11) is 1.27. The van der Waals surface area contributed by atoms with E-state index >= 15 is 0 Å². The lowest BCUT2D eigenvalue weighted by atomic mass is 10.1. The molecule has 0 bridgehead atoms. The van der Waals surface area contributed by atoms with Gasteiger partial charge in [0.05, 0.1) is 13.7 Å². The molecule has 0 aliphatic heterocycles. The maximum absolute atomic E-state index is 11.5. The number of aldehydes is 1. The first-order chi connectivity index (χ1) is 7.56. The van der Waals surface area contributed by atoms with E-state index in [0.717, 1.165) is 0 Å². The molecule has 0 aromatic rings. The van der Waals surface area contributed by atoms with Gasteiger partial charge in [-0.05, 0) is 25.8 Å². The van der Waals surface area contributed by atoms with Crippen molar-refractivity contribution in [1.82, 2.24) is 0 Å². The van der Waals surface area contributed by atoms with Crippen LogP contribution in [0.25, 0.3) is 0 Å². The largest absolute Gasteiger partial charge is 0.469 e. The molecule has 0 radical (unpaired) electrons. The minimum Gasteiger partial charge on any atom is -0.469 e. The van der Waals surface area contributed by atoms with Crippen LogP contribution in [-0.4, -0.2) is 31.9 Å². The third kappa shape index (κ3) is 4.72. The lowest BCUT2D eigenvalue weighted by molar-refractivity contribution is -0.141. The van der Waals surface area contributed by atoms with E-state index in [9.17, 15) is 14.4 Å². The second kappa shape index (κ2) is 7.62. The summed E-state index contributed by atoms with van der Waals surface area (Å²) in [6.45, 7) is 3.41. The van der Waals surface area contributed by atoms with E-state index in [1.54, 1.807) is 6.92 Å². The van der Waals surface area contributed by atoms with E-state index in [1.807, 2.05) is 0 Å². The fourth-order valence-electron chi connectivity index (χ4n) is 1.08. The molecule has 0 aromatic carbocycles. The van der Waals surface area contributed by atoms with Crippen LogP contribution in [0.15, 0.2) is 11.1 Å². The third-order valence-electron chi connectivity index (χ3n) is 1.98. The topological polar surface area (TPSA) is 69.7 Å². The van der Waals surface area contributed by atoms with Crippen LogP contribution in [0, 0.1) is 0 Å². The first-order valence-electron chi connectivity index (χ1n) is 4.95. The minimum atomic E-state index is -0.559. The summed E-state index contributed by atoms with van der Waals surface area (Å²) in [5, 5.41) is 0. The maximum Gasteiger partial charge on any atom is 0.334 e. The van der Waals surface area contributed by atoms with Gasteiger partial charge in [-0.2, -0.15) is 0 Å². The molecule has 0 spiro atoms. The number of carbonyl (C=O) groups is 3. The Hall–Kier alpha value is -1.65. The second-order valence-corrected chi connectivity index (χ2v) is 3.08. The van der Waals surface area contributed by atoms with Gasteiger partial charge in [0, 0.05) is 12.0 Å². The first kappa shape index (κ1) is 14.3. The van der Waals surface area contributed by atoms with Crippen molar-refractivity contribution in [3.05, 3.63) is 11.1 Å². The molecule has 0 unspecified atom stereocenters. The molecule has 0 saturated carbocycles. The summed E-state index contributed by atoms with van der Waals surface area (Å²) in [6, 6.07) is 0. The highest BCUT2D eigenvalue weighted by Crippen LogP contribution is 2.12. The number of hydrogen-bond acceptors (Lipinski definition) is 5. The van der Waals surface area contributed by atoms with Gasteiger partial charge in [0.25, 0.3) is 0 Å². The van der Waals surface area contributed by atoms with Crippen LogP contribution >= 0.6 is 0 Å². The van der Waals surface area contributed by atoms with Crippen molar-refractivity contribution in [1.29, 1.82) is 0 Å². The number of rotatable bonds is 6. The number of allylic oxidation sites excluding steroid dienone is 1. The molecule has 16 heavy (non-hydrogen) atoms. The Balaban J connectivity index is 4.64. The van der Waals surface area contributed by atoms with Crippen molar-refractivity contribution >= 4 is 18.2 Å². The Kier molecular flexibility index (Phi) is 6.83. The molecule has 5 nitrogen and oxygen atoms in total. The van der Waals surface area contributed by atoms with E-state index in [1.165, 1.54) is 14.0 Å². The monoisotopic (exact) mass is 228 g/mol. The second-order valence-electron chi connectivity index (χ2n) is 3.08. The molecule has 0 amide bonds. The average molecular weight is 228 g/mol. The molecule has 0 rings (SSSR count). The first-order valence-corrected chi connectivity index (χ1v) is 4.95. The van der Waals surface area contributed by atoms with Crippen LogP contribution < -0.4 is 0 Å². The highest BCUT2D eigenvalue weighted by atomic mass is 16.5. The van der Waals surface area contributed by atoms with Crippen LogP contribution in [0.3, 0.4) is 0 Å². The molecule has 0 fully saturated rings. The molecule has 0 aliphatic rings. The molecule has 0 heterocycles. The number of ether oxygens (including phenoxy) is 2. The fraction of sp³-hybridized carbons (Fsp3) is 0.545. The standard InChI is InChI=1S/C11H16O5/c1-4-16-11(14)9(8(2)7-12)5-6-10(13)15-3/h7H,4-6H2,1-3H3/b9-8+. The lowest BCUT2D eigenvalue weighted by Crippen LogP contribution is -2.12. The normalized spacial score (nSPS) is 11.4. The summed E-state index contributed by atoms with van der Waals surface area (Å²) in [5.41, 5.74) is 0.504. The van der Waals surface area contributed by atoms with Crippen LogP contribution in [-0.2, 0) is 23.9 Å². The van der Waals surface area contributed by atoms with Crippen molar-refractivity contribution in [3.63, 3.8) is 0 Å². The average Bonchev–Trinajstić information content (AvgIpc) is 2.28. The SMILES string of the molecule is CCOC(=O)/C(CCC(=O)OC)=C(\C)C=O. The van der Waals surface area contributed by atoms with Gasteiger partial charge < -0.3 is 9.47 Å². The van der Waals surface area contributed by atoms with Gasteiger partial charge >= 0.3 is 11.9 Å². The lowest BCUT2D eigenvalue weighted by Gasteiger charge is -2.07. The molecule has 90 valence electrons. The predicted molar refractivity (Wildman–Crippen MR) is 56.6 cm³/mol. The van der Waals surface area contributed by atoms with Crippen molar-refractivity contribution < 1.29 is 23.9 Å². The van der Waals surface area contributed by atoms with Gasteiger partial charge in [-0.15, -0.1) is 0 Å². The van der Waals surface area contributed by atoms with Gasteiger partial charge in [0.15, 0.2) is 0 Å². The van der Waals surface area contributed by atoms with Crippen molar-refractivity contribution in [3.8, 4) is 0 Å². The molecule has 0 aliphatic carbocycles. The number of hydrogen-bond donors (Lipinski definition) is 0. The Morgan fingerprint density at radius 1 is 1.25 bits per heavy atom. The van der Waals surface area contributed by atoms with Crippen molar-refractivity contribution in [2.24, 2.45) is 0 Å². The van der Waals surface area contributed by atoms with E-state index in [2.05, 4.69) is 4.74 Å². The van der Waals surface area contributed by atoms with E-state index in [4.69, 9.17) is 4.74 Å². The van der Waals surface area contributed by atoms with Crippen LogP contribution in [0.5, 0.6) is 0 Å². The zero-order valence-corrected chi connectivity index (χ0v) is 9.74. The van der Waals surface area contributed by atoms with Gasteiger partial charge in [-0.25, -0.2) is 4.79 Å². The number of methoxy groups -OCH3 is 1. The molecule has 0 saturated heterocycles. The zero-order valence-electron chi connectivity index (χ0n) is 9.74. The molecular formula is C11H16O5. The third-order valence-corrected chi connectivity index (χ3v) is 1.98. The fourth-order valence-corrected chi connectivity index (χ4v) is 1.08. The molecular weight excluding hydrogens is 212 g/mol. The zero-order chi connectivity index (χ0) is 12.6. The van der Waals surface area contributed by atoms with E-state index in [0.29, 0.717) is 6.29 Å². The maximum atomic E-state index is 11.5. The Bertz CT molecular complexity index is 303. The number of carbonyl (C=O) groups excluding carboxylic acids is 3. The smallest absolute Gasteiger partial charge is 0.334 e. The number of esters is 2. The molecule has 5 heteroatoms. The molecule has 0 atom stereocenters. The van der Waals surface area contributed by atoms with Gasteiger partial charge in [0.1, 0.15) is 6.29 Å². The highest BCUT2D eigenvalue weighted by Gasteiger charge is 2.15. The minimum absolute atomic E-state index is 0.0514. The quantitative estimate of drug-likeness (QED) is 0.385. The molecule has 0 aromatic heterocycles. The summed E-state index contributed by atoms with van der Waals surface area (Å²) >= 11 is 0. The molecule has 0 N–H and O–H groups in total. The van der Waals surface area contributed by atoms with Crippen molar-refractivity contribution in [2.45, 2.75) is 26.7 Å². The van der Waals surface area contributed by atoms with Crippen molar-refractivity contribution in [2.75, 3.05) is 13.7 Å². The predicted octanol–water partition coefficient (Wildman–Crippen LogP) is 1.02. The van der Waals surface area contributed by atoms with Gasteiger partial charge in [0.2, 0.25) is 0 Å². The van der Waals surface area contributed by atoms with Crippen LogP contribution in [0.2, 0.25) is 0 Å². The Morgan fingerprint density at radius 3 is 2.31 bits per heavy atom. The Morgan fingerprint density at radius 2 is 1.88 bits per heavy atom. The summed E-state index contributed by atoms with van der Waals surface area (Å²) < 4.78 is 9.24. The van der Waals surface area contributed by atoms with Crippen LogP contribution in [0.1, 0.15) is 26.7 Å². The summed E-state index contributed by atoms with van der Waals surface area (Å²) in [4.78, 5) is 33.0. The van der Waals surface area contributed by atoms with Gasteiger partial charge in [-0.3, -0.25) is 9.59 Å². The van der Waals surface area contributed by atoms with Crippen LogP contribution in [0.4, 0.5) is 0 Å². The van der Waals surface area contributed by atoms with Gasteiger partial charge in [-0.1, -0.05) is 0 Å². The highest BCUT2D eigenvalue weighted by molar-refractivity contribution is 5.95. The van der Waals surface area contributed by atoms with E-state index < -0.39 is 11.9 Å². The summed E-state index contributed by atoms with van der Waals surface area (Å²) in [5.74, 6) is -0.989.